The molecule has 0 saturated carbocycles. The summed E-state index contributed by atoms with van der Waals surface area (Å²) in [6.45, 7) is 6.56. The summed E-state index contributed by atoms with van der Waals surface area (Å²) in [5, 5.41) is 0. The van der Waals surface area contributed by atoms with E-state index in [4.69, 9.17) is 14.2 Å². The Morgan fingerprint density at radius 1 is 0.273 bits per heavy atom. The van der Waals surface area contributed by atoms with Gasteiger partial charge in [-0.1, -0.05) is 325 Å². The van der Waals surface area contributed by atoms with Crippen molar-refractivity contribution in [1.82, 2.24) is 0 Å². The number of allylic oxidation sites excluding steroid dienone is 12. The molecule has 0 radical (unpaired) electrons. The van der Waals surface area contributed by atoms with Crippen LogP contribution in [-0.2, 0) is 28.6 Å². The molecule has 0 aliphatic carbocycles. The van der Waals surface area contributed by atoms with Crippen LogP contribution >= 0.6 is 0 Å². The lowest BCUT2D eigenvalue weighted by molar-refractivity contribution is -0.167. The first-order valence-corrected chi connectivity index (χ1v) is 33.4. The van der Waals surface area contributed by atoms with Gasteiger partial charge in [0.2, 0.25) is 0 Å². The molecule has 0 aromatic carbocycles. The third kappa shape index (κ3) is 63.6. The number of hydrogen-bond donors (Lipinski definition) is 0. The van der Waals surface area contributed by atoms with Crippen molar-refractivity contribution in [2.75, 3.05) is 13.2 Å². The molecule has 1 unspecified atom stereocenters. The van der Waals surface area contributed by atoms with Crippen molar-refractivity contribution in [2.24, 2.45) is 0 Å². The van der Waals surface area contributed by atoms with Gasteiger partial charge < -0.3 is 14.2 Å². The minimum absolute atomic E-state index is 0.0696. The molecule has 0 aromatic heterocycles. The SMILES string of the molecule is CC/C=C\C/C=C\C/C=C\C/C=C\C/C=C\C/C=C\CCCCCCCCCCCCCCC(=O)OCC(COC(=O)CCCCCCCCCCCC)OC(=O)CCCCCCCCCCCCCCCCCCCC. The van der Waals surface area contributed by atoms with Crippen LogP contribution in [0.2, 0.25) is 0 Å². The lowest BCUT2D eigenvalue weighted by Crippen LogP contribution is -2.30. The fourth-order valence-electron chi connectivity index (χ4n) is 9.74. The van der Waals surface area contributed by atoms with E-state index < -0.39 is 6.10 Å². The van der Waals surface area contributed by atoms with Gasteiger partial charge in [0.1, 0.15) is 13.2 Å². The molecule has 0 bridgehead atoms. The second-order valence-electron chi connectivity index (χ2n) is 22.4. The first-order valence-electron chi connectivity index (χ1n) is 33.4. The molecule has 1 atom stereocenters. The van der Waals surface area contributed by atoms with E-state index in [0.29, 0.717) is 19.3 Å². The highest BCUT2D eigenvalue weighted by Crippen LogP contribution is 2.18. The monoisotopic (exact) mass is 1070 g/mol. The van der Waals surface area contributed by atoms with Crippen LogP contribution < -0.4 is 0 Å². The number of ether oxygens (including phenoxy) is 3. The number of unbranched alkanes of at least 4 members (excludes halogenated alkanes) is 38. The Morgan fingerprint density at radius 3 is 0.792 bits per heavy atom. The fourth-order valence-corrected chi connectivity index (χ4v) is 9.74. The normalized spacial score (nSPS) is 12.5. The Bertz CT molecular complexity index is 1420. The predicted molar refractivity (Wildman–Crippen MR) is 335 cm³/mol. The average Bonchev–Trinajstić information content (AvgIpc) is 3.43. The van der Waals surface area contributed by atoms with Crippen LogP contribution in [-0.4, -0.2) is 37.2 Å². The van der Waals surface area contributed by atoms with Crippen LogP contribution in [0.1, 0.15) is 342 Å². The summed E-state index contributed by atoms with van der Waals surface area (Å²) >= 11 is 0. The minimum atomic E-state index is -0.771. The average molecular weight is 1080 g/mol. The van der Waals surface area contributed by atoms with Gasteiger partial charge in [0.25, 0.3) is 0 Å². The Kier molecular flexibility index (Phi) is 62.7. The summed E-state index contributed by atoms with van der Waals surface area (Å²) < 4.78 is 16.9. The molecule has 446 valence electrons. The molecule has 0 aromatic rings. The molecule has 6 nitrogen and oxygen atoms in total. The van der Waals surface area contributed by atoms with E-state index in [1.54, 1.807) is 0 Å². The van der Waals surface area contributed by atoms with Crippen LogP contribution in [0.5, 0.6) is 0 Å². The van der Waals surface area contributed by atoms with Gasteiger partial charge in [-0.05, 0) is 70.6 Å². The first-order chi connectivity index (χ1) is 38.0. The summed E-state index contributed by atoms with van der Waals surface area (Å²) in [5.74, 6) is -0.853. The summed E-state index contributed by atoms with van der Waals surface area (Å²) in [4.78, 5) is 38.2. The Labute approximate surface area is 478 Å². The standard InChI is InChI=1S/C71H126O6/c1-4-7-10-13-16-19-22-24-26-28-30-31-32-33-34-35-36-37-38-39-40-41-42-44-45-47-49-52-55-58-61-64-70(73)76-67-68(66-75-69(72)63-60-57-54-51-21-18-15-12-9-6-3)77-71(74)65-62-59-56-53-50-48-46-43-29-27-25-23-20-17-14-11-8-5-2/h7,10,16,19,24,26,30-31,33-34,36-37,68H,4-6,8-9,11-15,17-18,20-23,25,27-29,32,35,38-67H2,1-3H3/b10-7-,19-16-,26-24-,31-30-,34-33-,37-36-. The Hall–Kier alpha value is -3.15. The second-order valence-corrected chi connectivity index (χ2v) is 22.4. The van der Waals surface area contributed by atoms with Crippen LogP contribution in [0.4, 0.5) is 0 Å². The zero-order valence-electron chi connectivity index (χ0n) is 51.2. The Balaban J connectivity index is 4.16. The molecule has 0 spiro atoms. The third-order valence-electron chi connectivity index (χ3n) is 14.7. The molecule has 0 amide bonds. The summed E-state index contributed by atoms with van der Waals surface area (Å²) in [6.07, 6.45) is 85.0. The highest BCUT2D eigenvalue weighted by atomic mass is 16.6. The summed E-state index contributed by atoms with van der Waals surface area (Å²) in [6, 6.07) is 0. The van der Waals surface area contributed by atoms with Gasteiger partial charge in [-0.3, -0.25) is 14.4 Å². The van der Waals surface area contributed by atoms with Crippen LogP contribution in [0.15, 0.2) is 72.9 Å². The van der Waals surface area contributed by atoms with E-state index in [9.17, 15) is 14.4 Å². The highest BCUT2D eigenvalue weighted by molar-refractivity contribution is 5.71. The van der Waals surface area contributed by atoms with Crippen molar-refractivity contribution in [3.8, 4) is 0 Å². The molecule has 0 saturated heterocycles. The Morgan fingerprint density at radius 2 is 0.506 bits per heavy atom. The van der Waals surface area contributed by atoms with Gasteiger partial charge in [-0.15, -0.1) is 0 Å². The van der Waals surface area contributed by atoms with Gasteiger partial charge in [0.15, 0.2) is 6.10 Å². The number of carbonyl (C=O) groups is 3. The van der Waals surface area contributed by atoms with E-state index in [1.807, 2.05) is 0 Å². The third-order valence-corrected chi connectivity index (χ3v) is 14.7. The lowest BCUT2D eigenvalue weighted by Gasteiger charge is -2.18. The second kappa shape index (κ2) is 65.4. The molecular weight excluding hydrogens is 949 g/mol. The van der Waals surface area contributed by atoms with E-state index in [1.165, 1.54) is 205 Å². The maximum atomic E-state index is 12.9. The van der Waals surface area contributed by atoms with E-state index in [2.05, 4.69) is 93.7 Å². The van der Waals surface area contributed by atoms with Crippen molar-refractivity contribution < 1.29 is 28.6 Å². The summed E-state index contributed by atoms with van der Waals surface area (Å²) in [7, 11) is 0. The molecule has 0 aliphatic rings. The van der Waals surface area contributed by atoms with Crippen molar-refractivity contribution in [2.45, 2.75) is 348 Å². The van der Waals surface area contributed by atoms with Crippen LogP contribution in [0, 0.1) is 0 Å². The quantitative estimate of drug-likeness (QED) is 0.0261. The van der Waals surface area contributed by atoms with E-state index in [0.717, 1.165) is 96.3 Å². The molecule has 6 heteroatoms. The zero-order valence-corrected chi connectivity index (χ0v) is 51.2. The molecular formula is C71H126O6. The van der Waals surface area contributed by atoms with Crippen molar-refractivity contribution in [1.29, 1.82) is 0 Å². The molecule has 0 aliphatic heterocycles. The fraction of sp³-hybridized carbons (Fsp3) is 0.789. The van der Waals surface area contributed by atoms with Crippen LogP contribution in [0.3, 0.4) is 0 Å². The smallest absolute Gasteiger partial charge is 0.306 e. The van der Waals surface area contributed by atoms with Gasteiger partial charge in [0.05, 0.1) is 0 Å². The van der Waals surface area contributed by atoms with Gasteiger partial charge in [-0.25, -0.2) is 0 Å². The predicted octanol–water partition coefficient (Wildman–Crippen LogP) is 22.9. The van der Waals surface area contributed by atoms with Crippen molar-refractivity contribution >= 4 is 17.9 Å². The number of rotatable bonds is 61. The topological polar surface area (TPSA) is 78.9 Å². The van der Waals surface area contributed by atoms with Crippen LogP contribution in [0.25, 0.3) is 0 Å². The van der Waals surface area contributed by atoms with Gasteiger partial charge in [0, 0.05) is 19.3 Å². The molecule has 77 heavy (non-hydrogen) atoms. The van der Waals surface area contributed by atoms with Gasteiger partial charge >= 0.3 is 17.9 Å². The summed E-state index contributed by atoms with van der Waals surface area (Å²) in [5.41, 5.74) is 0. The van der Waals surface area contributed by atoms with Crippen molar-refractivity contribution in [3.63, 3.8) is 0 Å². The number of carbonyl (C=O) groups excluding carboxylic acids is 3. The number of hydrogen-bond acceptors (Lipinski definition) is 6. The van der Waals surface area contributed by atoms with Crippen molar-refractivity contribution in [3.05, 3.63) is 72.9 Å². The maximum absolute atomic E-state index is 12.9. The minimum Gasteiger partial charge on any atom is -0.462 e. The molecule has 0 N–H and O–H groups in total. The number of esters is 3. The highest BCUT2D eigenvalue weighted by Gasteiger charge is 2.19. The molecule has 0 fully saturated rings. The van der Waals surface area contributed by atoms with Gasteiger partial charge in [-0.2, -0.15) is 0 Å². The lowest BCUT2D eigenvalue weighted by atomic mass is 10.0. The first kappa shape index (κ1) is 73.8. The largest absolute Gasteiger partial charge is 0.462 e. The maximum Gasteiger partial charge on any atom is 0.306 e. The van der Waals surface area contributed by atoms with E-state index >= 15 is 0 Å². The molecule has 0 rings (SSSR count). The molecule has 0 heterocycles. The zero-order chi connectivity index (χ0) is 55.7. The van der Waals surface area contributed by atoms with E-state index in [-0.39, 0.29) is 31.1 Å².